The van der Waals surface area contributed by atoms with Gasteiger partial charge in [0.05, 0.1) is 0 Å². The van der Waals surface area contributed by atoms with Crippen LogP contribution in [0.4, 0.5) is 0 Å². The minimum Gasteiger partial charge on any atom is -0.277 e. The molecular weight excluding hydrogens is 412 g/mol. The average Bonchev–Trinajstić information content (AvgIpc) is 2.78. The number of rotatable bonds is 4. The average molecular weight is 433 g/mol. The molecule has 4 nitrogen and oxygen atoms in total. The van der Waals surface area contributed by atoms with E-state index in [1.807, 2.05) is 84.9 Å². The van der Waals surface area contributed by atoms with Crippen molar-refractivity contribution in [3.05, 3.63) is 84.9 Å². The minimum absolute atomic E-state index is 0.567. The third kappa shape index (κ3) is 4.15. The molecule has 0 aliphatic heterocycles. The van der Waals surface area contributed by atoms with Gasteiger partial charge in [0.25, 0.3) is 0 Å². The van der Waals surface area contributed by atoms with Gasteiger partial charge in [-0.1, -0.05) is 72.8 Å². The number of benzene rings is 4. The zero-order valence-electron chi connectivity index (χ0n) is 16.6. The smallest absolute Gasteiger partial charge is 0.277 e. The van der Waals surface area contributed by atoms with E-state index < -0.39 is 11.8 Å². The number of nitrogens with zero attached hydrogens (tertiary/aromatic N) is 2. The van der Waals surface area contributed by atoms with E-state index in [-0.39, 0.29) is 0 Å². The van der Waals surface area contributed by atoms with Crippen molar-refractivity contribution < 1.29 is 9.59 Å². The summed E-state index contributed by atoms with van der Waals surface area (Å²) in [6.07, 6.45) is 0. The fraction of sp³-hybridized carbons (Fsp3) is 0.0833. The first-order chi connectivity index (χ1) is 14.5. The second kappa shape index (κ2) is 8.81. The standard InChI is InChI=1S/C24H20N2O2S2/c1-25(29-21-15-7-11-17-9-3-5-13-19(17)21)23(27)24(28)26(2)30-22-16-8-12-18-10-4-6-14-20(18)22/h3-16H,1-2H3. The van der Waals surface area contributed by atoms with Crippen molar-refractivity contribution in [2.45, 2.75) is 9.79 Å². The highest BCUT2D eigenvalue weighted by Crippen LogP contribution is 2.32. The molecule has 0 saturated heterocycles. The normalized spacial score (nSPS) is 10.9. The van der Waals surface area contributed by atoms with Crippen LogP contribution in [0.5, 0.6) is 0 Å². The van der Waals surface area contributed by atoms with E-state index in [0.717, 1.165) is 31.3 Å². The summed E-state index contributed by atoms with van der Waals surface area (Å²) >= 11 is 2.53. The van der Waals surface area contributed by atoms with Gasteiger partial charge < -0.3 is 0 Å². The molecule has 0 aliphatic carbocycles. The highest BCUT2D eigenvalue weighted by Gasteiger charge is 2.25. The molecule has 0 N–H and O–H groups in total. The Morgan fingerprint density at radius 3 is 1.37 bits per heavy atom. The van der Waals surface area contributed by atoms with Crippen molar-refractivity contribution in [1.82, 2.24) is 8.61 Å². The van der Waals surface area contributed by atoms with Crippen LogP contribution in [0, 0.1) is 0 Å². The lowest BCUT2D eigenvalue weighted by Gasteiger charge is -2.20. The first-order valence-corrected chi connectivity index (χ1v) is 11.0. The number of hydrogen-bond acceptors (Lipinski definition) is 4. The Hall–Kier alpha value is -2.96. The van der Waals surface area contributed by atoms with Gasteiger partial charge in [-0.05, 0) is 57.6 Å². The van der Waals surface area contributed by atoms with Crippen LogP contribution in [0.2, 0.25) is 0 Å². The number of carbonyl (C=O) groups excluding carboxylic acids is 2. The van der Waals surface area contributed by atoms with Gasteiger partial charge in [0.2, 0.25) is 0 Å². The van der Waals surface area contributed by atoms with Crippen LogP contribution in [-0.2, 0) is 9.59 Å². The minimum atomic E-state index is -0.567. The number of hydrogen-bond donors (Lipinski definition) is 0. The summed E-state index contributed by atoms with van der Waals surface area (Å²) in [4.78, 5) is 27.4. The second-order valence-electron chi connectivity index (χ2n) is 6.74. The van der Waals surface area contributed by atoms with Crippen molar-refractivity contribution >= 4 is 57.3 Å². The van der Waals surface area contributed by atoms with Crippen molar-refractivity contribution in [3.8, 4) is 0 Å². The fourth-order valence-electron chi connectivity index (χ4n) is 3.20. The van der Waals surface area contributed by atoms with Gasteiger partial charge in [-0.2, -0.15) is 0 Å². The van der Waals surface area contributed by atoms with Crippen LogP contribution in [0.15, 0.2) is 94.7 Å². The van der Waals surface area contributed by atoms with Crippen molar-refractivity contribution in [2.75, 3.05) is 14.1 Å². The molecule has 0 atom stereocenters. The summed E-state index contributed by atoms with van der Waals surface area (Å²) in [6.45, 7) is 0. The van der Waals surface area contributed by atoms with Crippen molar-refractivity contribution in [1.29, 1.82) is 0 Å². The monoisotopic (exact) mass is 432 g/mol. The highest BCUT2D eigenvalue weighted by molar-refractivity contribution is 7.98. The summed E-state index contributed by atoms with van der Waals surface area (Å²) < 4.78 is 2.79. The van der Waals surface area contributed by atoms with E-state index in [1.165, 1.54) is 32.5 Å². The molecule has 0 fully saturated rings. The van der Waals surface area contributed by atoms with Gasteiger partial charge in [-0.15, -0.1) is 0 Å². The number of likely N-dealkylation sites (N-methyl/N-ethyl adjacent to an activating group) is 2. The summed E-state index contributed by atoms with van der Waals surface area (Å²) in [5.74, 6) is -1.13. The van der Waals surface area contributed by atoms with Crippen LogP contribution in [-0.4, -0.2) is 34.5 Å². The number of amides is 2. The Balaban J connectivity index is 1.49. The molecule has 4 aromatic carbocycles. The third-order valence-corrected chi connectivity index (χ3v) is 6.71. The lowest BCUT2D eigenvalue weighted by molar-refractivity contribution is -0.144. The molecule has 4 rings (SSSR count). The summed E-state index contributed by atoms with van der Waals surface area (Å²) in [6, 6.07) is 27.8. The molecule has 150 valence electrons. The predicted molar refractivity (Wildman–Crippen MR) is 125 cm³/mol. The van der Waals surface area contributed by atoms with Gasteiger partial charge in [0.15, 0.2) is 0 Å². The quantitative estimate of drug-likeness (QED) is 0.310. The molecule has 4 aromatic rings. The molecule has 0 spiro atoms. The Kier molecular flexibility index (Phi) is 5.97. The van der Waals surface area contributed by atoms with Crippen LogP contribution in [0.25, 0.3) is 21.5 Å². The van der Waals surface area contributed by atoms with E-state index in [9.17, 15) is 9.59 Å². The van der Waals surface area contributed by atoms with Gasteiger partial charge in [-0.25, -0.2) is 0 Å². The Bertz CT molecular complexity index is 1130. The Morgan fingerprint density at radius 2 is 0.933 bits per heavy atom. The summed E-state index contributed by atoms with van der Waals surface area (Å²) in [5.41, 5.74) is 0. The van der Waals surface area contributed by atoms with E-state index in [0.29, 0.717) is 0 Å². The van der Waals surface area contributed by atoms with Crippen LogP contribution >= 0.6 is 23.9 Å². The molecule has 0 saturated carbocycles. The fourth-order valence-corrected chi connectivity index (χ4v) is 4.96. The molecule has 0 unspecified atom stereocenters. The lowest BCUT2D eigenvalue weighted by atomic mass is 10.1. The first kappa shape index (κ1) is 20.3. The maximum absolute atomic E-state index is 12.8. The van der Waals surface area contributed by atoms with Gasteiger partial charge in [0, 0.05) is 23.9 Å². The SMILES string of the molecule is CN(Sc1cccc2ccccc12)C(=O)C(=O)N(C)Sc1cccc2ccccc12. The van der Waals surface area contributed by atoms with E-state index in [4.69, 9.17) is 0 Å². The zero-order chi connectivity index (χ0) is 21.1. The molecule has 30 heavy (non-hydrogen) atoms. The third-order valence-electron chi connectivity index (χ3n) is 4.72. The maximum Gasteiger partial charge on any atom is 0.322 e. The molecule has 2 amide bonds. The predicted octanol–water partition coefficient (Wildman–Crippen LogP) is 5.62. The molecule has 0 bridgehead atoms. The van der Waals surface area contributed by atoms with Crippen LogP contribution in [0.1, 0.15) is 0 Å². The molecule has 0 aliphatic rings. The van der Waals surface area contributed by atoms with Gasteiger partial charge in [-0.3, -0.25) is 18.2 Å². The van der Waals surface area contributed by atoms with E-state index >= 15 is 0 Å². The van der Waals surface area contributed by atoms with E-state index in [2.05, 4.69) is 0 Å². The number of fused-ring (bicyclic) bond motifs is 2. The maximum atomic E-state index is 12.8. The molecular formula is C24H20N2O2S2. The largest absolute Gasteiger partial charge is 0.322 e. The molecule has 0 heterocycles. The molecule has 6 heteroatoms. The van der Waals surface area contributed by atoms with Crippen LogP contribution < -0.4 is 0 Å². The topological polar surface area (TPSA) is 40.6 Å². The van der Waals surface area contributed by atoms with Gasteiger partial charge in [0.1, 0.15) is 0 Å². The zero-order valence-corrected chi connectivity index (χ0v) is 18.2. The lowest BCUT2D eigenvalue weighted by Crippen LogP contribution is -2.36. The Labute approximate surface area is 184 Å². The first-order valence-electron chi connectivity index (χ1n) is 9.42. The van der Waals surface area contributed by atoms with Crippen molar-refractivity contribution in [3.63, 3.8) is 0 Å². The van der Waals surface area contributed by atoms with E-state index in [1.54, 1.807) is 14.1 Å². The summed E-state index contributed by atoms with van der Waals surface area (Å²) in [7, 11) is 3.26. The van der Waals surface area contributed by atoms with Crippen LogP contribution in [0.3, 0.4) is 0 Å². The number of carbonyl (C=O) groups is 2. The highest BCUT2D eigenvalue weighted by atomic mass is 32.2. The molecule has 0 aromatic heterocycles. The van der Waals surface area contributed by atoms with Gasteiger partial charge >= 0.3 is 11.8 Å². The van der Waals surface area contributed by atoms with Crippen molar-refractivity contribution in [2.24, 2.45) is 0 Å². The molecule has 0 radical (unpaired) electrons. The summed E-state index contributed by atoms with van der Waals surface area (Å²) in [5, 5.41) is 4.29. The second-order valence-corrected chi connectivity index (χ2v) is 9.08. The Morgan fingerprint density at radius 1 is 0.567 bits per heavy atom.